The number of carboxylic acid groups (broad SMARTS) is 1. The molecule has 0 aliphatic heterocycles. The van der Waals surface area contributed by atoms with Crippen molar-refractivity contribution in [2.45, 2.75) is 12.8 Å². The number of carbonyl (C=O) groups is 2. The first-order valence-corrected chi connectivity index (χ1v) is 4.92. The van der Waals surface area contributed by atoms with E-state index in [1.165, 1.54) is 0 Å². The van der Waals surface area contributed by atoms with Crippen LogP contribution in [0.15, 0.2) is 30.3 Å². The molecule has 1 aromatic rings. The molecule has 0 unspecified atom stereocenters. The number of benzene rings is 1. The van der Waals surface area contributed by atoms with Gasteiger partial charge in [-0.2, -0.15) is 0 Å². The minimum atomic E-state index is -1.01. The van der Waals surface area contributed by atoms with Crippen molar-refractivity contribution in [1.82, 2.24) is 0 Å². The van der Waals surface area contributed by atoms with Crippen LogP contribution in [-0.4, -0.2) is 16.3 Å². The first-order chi connectivity index (χ1) is 7.09. The zero-order chi connectivity index (χ0) is 11.3. The molecule has 0 fully saturated rings. The Balaban J connectivity index is 2.67. The molecule has 4 heteroatoms. The van der Waals surface area contributed by atoms with Gasteiger partial charge in [0, 0.05) is 5.92 Å². The van der Waals surface area contributed by atoms with Crippen LogP contribution in [0.4, 0.5) is 0 Å². The summed E-state index contributed by atoms with van der Waals surface area (Å²) in [4.78, 5) is 21.5. The van der Waals surface area contributed by atoms with Gasteiger partial charge >= 0.3 is 5.97 Å². The SMILES string of the molecule is O=C(O)C[C@H](Cc1ccccc1)C(=O)Cl. The van der Waals surface area contributed by atoms with Crippen LogP contribution in [0.5, 0.6) is 0 Å². The molecule has 15 heavy (non-hydrogen) atoms. The highest BCUT2D eigenvalue weighted by Gasteiger charge is 2.20. The first kappa shape index (κ1) is 11.7. The Morgan fingerprint density at radius 2 is 1.87 bits per heavy atom. The number of carbonyl (C=O) groups excluding carboxylic acids is 1. The quantitative estimate of drug-likeness (QED) is 0.783. The lowest BCUT2D eigenvalue weighted by molar-refractivity contribution is -0.139. The maximum absolute atomic E-state index is 11.0. The molecule has 0 amide bonds. The minimum Gasteiger partial charge on any atom is -0.481 e. The van der Waals surface area contributed by atoms with E-state index in [9.17, 15) is 9.59 Å². The molecule has 0 aliphatic carbocycles. The number of aliphatic carboxylic acids is 1. The van der Waals surface area contributed by atoms with E-state index in [4.69, 9.17) is 16.7 Å². The van der Waals surface area contributed by atoms with E-state index in [1.54, 1.807) is 0 Å². The number of carboxylic acids is 1. The fraction of sp³-hybridized carbons (Fsp3) is 0.273. The normalized spacial score (nSPS) is 12.1. The Hall–Kier alpha value is -1.35. The Labute approximate surface area is 92.7 Å². The highest BCUT2D eigenvalue weighted by molar-refractivity contribution is 6.64. The van der Waals surface area contributed by atoms with E-state index < -0.39 is 17.1 Å². The predicted molar refractivity (Wildman–Crippen MR) is 56.7 cm³/mol. The van der Waals surface area contributed by atoms with Crippen molar-refractivity contribution < 1.29 is 14.7 Å². The van der Waals surface area contributed by atoms with Crippen LogP contribution in [0, 0.1) is 5.92 Å². The summed E-state index contributed by atoms with van der Waals surface area (Å²) >= 11 is 5.34. The lowest BCUT2D eigenvalue weighted by Gasteiger charge is -2.09. The van der Waals surface area contributed by atoms with Gasteiger partial charge in [0.1, 0.15) is 0 Å². The second-order valence-corrected chi connectivity index (χ2v) is 3.66. The molecule has 1 atom stereocenters. The van der Waals surface area contributed by atoms with E-state index in [0.29, 0.717) is 6.42 Å². The van der Waals surface area contributed by atoms with Crippen molar-refractivity contribution in [2.24, 2.45) is 5.92 Å². The van der Waals surface area contributed by atoms with E-state index in [2.05, 4.69) is 0 Å². The largest absolute Gasteiger partial charge is 0.481 e. The van der Waals surface area contributed by atoms with Crippen LogP contribution in [0.25, 0.3) is 0 Å². The molecule has 0 aromatic heterocycles. The van der Waals surface area contributed by atoms with Crippen molar-refractivity contribution in [1.29, 1.82) is 0 Å². The Morgan fingerprint density at radius 3 is 2.33 bits per heavy atom. The molecule has 1 aromatic carbocycles. The van der Waals surface area contributed by atoms with Crippen molar-refractivity contribution in [3.05, 3.63) is 35.9 Å². The zero-order valence-corrected chi connectivity index (χ0v) is 8.78. The highest BCUT2D eigenvalue weighted by atomic mass is 35.5. The van der Waals surface area contributed by atoms with Gasteiger partial charge in [-0.3, -0.25) is 9.59 Å². The van der Waals surface area contributed by atoms with Crippen molar-refractivity contribution in [3.63, 3.8) is 0 Å². The molecule has 1 N–H and O–H groups in total. The smallest absolute Gasteiger partial charge is 0.304 e. The van der Waals surface area contributed by atoms with Crippen molar-refractivity contribution in [3.8, 4) is 0 Å². The molecule has 0 saturated heterocycles. The van der Waals surface area contributed by atoms with E-state index in [1.807, 2.05) is 30.3 Å². The van der Waals surface area contributed by atoms with E-state index in [-0.39, 0.29) is 6.42 Å². The summed E-state index contributed by atoms with van der Waals surface area (Å²) in [5, 5.41) is 8.00. The third-order valence-corrected chi connectivity index (χ3v) is 2.38. The average molecular weight is 227 g/mol. The zero-order valence-electron chi connectivity index (χ0n) is 8.02. The lowest BCUT2D eigenvalue weighted by atomic mass is 9.97. The molecule has 0 spiro atoms. The van der Waals surface area contributed by atoms with E-state index in [0.717, 1.165) is 5.56 Å². The average Bonchev–Trinajstić information content (AvgIpc) is 2.17. The molecule has 1 rings (SSSR count). The van der Waals surface area contributed by atoms with Gasteiger partial charge in [-0.25, -0.2) is 0 Å². The first-order valence-electron chi connectivity index (χ1n) is 4.54. The third-order valence-electron chi connectivity index (χ3n) is 2.07. The van der Waals surface area contributed by atoms with Gasteiger partial charge in [-0.1, -0.05) is 30.3 Å². The summed E-state index contributed by atoms with van der Waals surface area (Å²) in [7, 11) is 0. The topological polar surface area (TPSA) is 54.4 Å². The fourth-order valence-electron chi connectivity index (χ4n) is 1.34. The standard InChI is InChI=1S/C11H11ClO3/c12-11(15)9(7-10(13)14)6-8-4-2-1-3-5-8/h1-5,9H,6-7H2,(H,13,14)/t9-/m0/s1. The summed E-state index contributed by atoms with van der Waals surface area (Å²) in [6.45, 7) is 0. The van der Waals surface area contributed by atoms with Crippen LogP contribution in [0.2, 0.25) is 0 Å². The van der Waals surface area contributed by atoms with Crippen molar-refractivity contribution in [2.75, 3.05) is 0 Å². The summed E-state index contributed by atoms with van der Waals surface area (Å²) in [5.41, 5.74) is 0.915. The van der Waals surface area contributed by atoms with Crippen LogP contribution in [0.3, 0.4) is 0 Å². The Morgan fingerprint density at radius 1 is 1.27 bits per heavy atom. The second kappa shape index (κ2) is 5.51. The number of halogens is 1. The summed E-state index contributed by atoms with van der Waals surface area (Å²) in [6, 6.07) is 9.22. The molecule has 3 nitrogen and oxygen atoms in total. The van der Waals surface area contributed by atoms with E-state index >= 15 is 0 Å². The van der Waals surface area contributed by atoms with Crippen molar-refractivity contribution >= 4 is 22.8 Å². The molecule has 80 valence electrons. The maximum Gasteiger partial charge on any atom is 0.304 e. The third kappa shape index (κ3) is 4.13. The molecular weight excluding hydrogens is 216 g/mol. The van der Waals surface area contributed by atoms with Gasteiger partial charge in [0.15, 0.2) is 0 Å². The lowest BCUT2D eigenvalue weighted by Crippen LogP contribution is -2.16. The second-order valence-electron chi connectivity index (χ2n) is 3.29. The van der Waals surface area contributed by atoms with Gasteiger partial charge in [0.2, 0.25) is 5.24 Å². The van der Waals surface area contributed by atoms with Crippen LogP contribution in [-0.2, 0) is 16.0 Å². The molecule has 0 heterocycles. The summed E-state index contributed by atoms with van der Waals surface area (Å²) in [6.07, 6.45) is 0.146. The maximum atomic E-state index is 11.0. The van der Waals surface area contributed by atoms with Gasteiger partial charge in [-0.05, 0) is 23.6 Å². The fourth-order valence-corrected chi connectivity index (χ4v) is 1.50. The highest BCUT2D eigenvalue weighted by Crippen LogP contribution is 2.15. The van der Waals surface area contributed by atoms with Gasteiger partial charge < -0.3 is 5.11 Å². The Kier molecular flexibility index (Phi) is 4.31. The summed E-state index contributed by atoms with van der Waals surface area (Å²) in [5.74, 6) is -1.66. The van der Waals surface area contributed by atoms with Gasteiger partial charge in [-0.15, -0.1) is 0 Å². The monoisotopic (exact) mass is 226 g/mol. The molecular formula is C11H11ClO3. The molecule has 0 radical (unpaired) electrons. The molecule has 0 bridgehead atoms. The van der Waals surface area contributed by atoms with Gasteiger partial charge in [0.25, 0.3) is 0 Å². The predicted octanol–water partition coefficient (Wildman–Crippen LogP) is 2.09. The van der Waals surface area contributed by atoms with Crippen LogP contribution < -0.4 is 0 Å². The van der Waals surface area contributed by atoms with Crippen LogP contribution >= 0.6 is 11.6 Å². The number of rotatable bonds is 5. The van der Waals surface area contributed by atoms with Crippen LogP contribution in [0.1, 0.15) is 12.0 Å². The van der Waals surface area contributed by atoms with Gasteiger partial charge in [0.05, 0.1) is 6.42 Å². The molecule has 0 saturated carbocycles. The Bertz CT molecular complexity index is 348. The molecule has 0 aliphatic rings. The minimum absolute atomic E-state index is 0.225. The number of hydrogen-bond donors (Lipinski definition) is 1. The number of hydrogen-bond acceptors (Lipinski definition) is 2. The summed E-state index contributed by atoms with van der Waals surface area (Å²) < 4.78 is 0.